The number of phenols is 2. The first-order chi connectivity index (χ1) is 18.1. The van der Waals surface area contributed by atoms with Gasteiger partial charge in [-0.2, -0.15) is 0 Å². The third-order valence-corrected chi connectivity index (χ3v) is 6.17. The molecule has 3 N–H and O–H groups in total. The van der Waals surface area contributed by atoms with Crippen LogP contribution in [0.3, 0.4) is 0 Å². The third kappa shape index (κ3) is 5.26. The van der Waals surface area contributed by atoms with E-state index in [0.717, 1.165) is 4.90 Å². The summed E-state index contributed by atoms with van der Waals surface area (Å²) in [6, 6.07) is 13.9. The molecule has 1 unspecified atom stereocenters. The Bertz CT molecular complexity index is 1420. The van der Waals surface area contributed by atoms with Crippen molar-refractivity contribution in [3.63, 3.8) is 0 Å². The van der Waals surface area contributed by atoms with E-state index in [9.17, 15) is 24.9 Å². The molecule has 8 nitrogen and oxygen atoms in total. The number of ketones is 1. The summed E-state index contributed by atoms with van der Waals surface area (Å²) in [4.78, 5) is 27.9. The van der Waals surface area contributed by atoms with Crippen molar-refractivity contribution in [1.29, 1.82) is 0 Å². The maximum absolute atomic E-state index is 13.4. The molecule has 1 amide bonds. The third-order valence-electron chi connectivity index (χ3n) is 5.93. The van der Waals surface area contributed by atoms with Gasteiger partial charge in [0.25, 0.3) is 11.7 Å². The number of hydrogen-bond acceptors (Lipinski definition) is 7. The van der Waals surface area contributed by atoms with E-state index in [1.165, 1.54) is 36.4 Å². The first-order valence-electron chi connectivity index (χ1n) is 12.1. The summed E-state index contributed by atoms with van der Waals surface area (Å²) in [5, 5.41) is 32.5. The molecule has 0 bridgehead atoms. The van der Waals surface area contributed by atoms with Crippen molar-refractivity contribution in [3.05, 3.63) is 82.4 Å². The largest absolute Gasteiger partial charge is 0.507 e. The smallest absolute Gasteiger partial charge is 0.300 e. The Balaban J connectivity index is 1.93. The quantitative estimate of drug-likeness (QED) is 0.188. The molecule has 0 radical (unpaired) electrons. The Morgan fingerprint density at radius 1 is 1.00 bits per heavy atom. The molecule has 38 heavy (non-hydrogen) atoms. The fourth-order valence-corrected chi connectivity index (χ4v) is 4.38. The maximum Gasteiger partial charge on any atom is 0.300 e. The topological polar surface area (TPSA) is 117 Å². The number of rotatable bonds is 8. The number of aliphatic hydroxyl groups excluding tert-OH is 1. The minimum atomic E-state index is -1.17. The van der Waals surface area contributed by atoms with E-state index in [2.05, 4.69) is 0 Å². The van der Waals surface area contributed by atoms with Gasteiger partial charge in [-0.15, -0.1) is 0 Å². The molecule has 0 aromatic heterocycles. The number of aromatic hydroxyl groups is 2. The SMILES string of the molecule is CCOc1cc(C2/C(=C(\O)c3cccc(OCC(C)C)c3)C(=O)C(=O)N2c2cc(Cl)ccc2O)ccc1O. The predicted octanol–water partition coefficient (Wildman–Crippen LogP) is 5.81. The Hall–Kier alpha value is -4.17. The highest BCUT2D eigenvalue weighted by atomic mass is 35.5. The molecule has 0 spiro atoms. The molecule has 1 saturated heterocycles. The van der Waals surface area contributed by atoms with Gasteiger partial charge in [0, 0.05) is 10.6 Å². The zero-order valence-electron chi connectivity index (χ0n) is 21.1. The number of ether oxygens (including phenoxy) is 2. The highest BCUT2D eigenvalue weighted by molar-refractivity contribution is 6.52. The van der Waals surface area contributed by atoms with Crippen LogP contribution in [0.15, 0.2) is 66.2 Å². The van der Waals surface area contributed by atoms with Gasteiger partial charge in [0.15, 0.2) is 11.5 Å². The minimum Gasteiger partial charge on any atom is -0.507 e. The molecule has 0 aliphatic carbocycles. The van der Waals surface area contributed by atoms with E-state index in [1.54, 1.807) is 31.2 Å². The van der Waals surface area contributed by atoms with E-state index in [0.29, 0.717) is 17.9 Å². The van der Waals surface area contributed by atoms with Crippen molar-refractivity contribution in [2.45, 2.75) is 26.8 Å². The van der Waals surface area contributed by atoms with Crippen molar-refractivity contribution < 1.29 is 34.4 Å². The first-order valence-corrected chi connectivity index (χ1v) is 12.5. The Morgan fingerprint density at radius 3 is 2.45 bits per heavy atom. The van der Waals surface area contributed by atoms with Gasteiger partial charge >= 0.3 is 0 Å². The second kappa shape index (κ2) is 11.1. The lowest BCUT2D eigenvalue weighted by molar-refractivity contribution is -0.132. The Labute approximate surface area is 225 Å². The van der Waals surface area contributed by atoms with E-state index < -0.39 is 23.5 Å². The van der Waals surface area contributed by atoms with Crippen LogP contribution in [0.5, 0.6) is 23.0 Å². The van der Waals surface area contributed by atoms with Crippen LogP contribution in [-0.2, 0) is 9.59 Å². The van der Waals surface area contributed by atoms with Crippen LogP contribution in [-0.4, -0.2) is 40.2 Å². The van der Waals surface area contributed by atoms with Crippen molar-refractivity contribution >= 4 is 34.7 Å². The van der Waals surface area contributed by atoms with Crippen LogP contribution in [0.2, 0.25) is 5.02 Å². The number of carbonyl (C=O) groups excluding carboxylic acids is 2. The number of amides is 1. The van der Waals surface area contributed by atoms with Gasteiger partial charge in [0.05, 0.1) is 30.5 Å². The molecular formula is C29H28ClNO7. The molecule has 4 rings (SSSR count). The zero-order valence-corrected chi connectivity index (χ0v) is 21.9. The summed E-state index contributed by atoms with van der Waals surface area (Å²) in [6.45, 7) is 6.47. The zero-order chi connectivity index (χ0) is 27.6. The summed E-state index contributed by atoms with van der Waals surface area (Å²) in [7, 11) is 0. The maximum atomic E-state index is 13.4. The summed E-state index contributed by atoms with van der Waals surface area (Å²) < 4.78 is 11.3. The number of anilines is 1. The van der Waals surface area contributed by atoms with Gasteiger partial charge in [-0.1, -0.05) is 43.6 Å². The average molecular weight is 538 g/mol. The lowest BCUT2D eigenvalue weighted by atomic mass is 9.94. The van der Waals surface area contributed by atoms with E-state index in [-0.39, 0.29) is 51.6 Å². The summed E-state index contributed by atoms with van der Waals surface area (Å²) in [6.07, 6.45) is 0. The highest BCUT2D eigenvalue weighted by Gasteiger charge is 2.48. The summed E-state index contributed by atoms with van der Waals surface area (Å²) >= 11 is 6.16. The van der Waals surface area contributed by atoms with Gasteiger partial charge in [0.2, 0.25) is 0 Å². The number of Topliss-reactive ketones (excluding diaryl/α,β-unsaturated/α-hetero) is 1. The van der Waals surface area contributed by atoms with Gasteiger partial charge in [-0.3, -0.25) is 14.5 Å². The molecule has 1 fully saturated rings. The minimum absolute atomic E-state index is 0.0105. The molecule has 198 valence electrons. The van der Waals surface area contributed by atoms with Crippen LogP contribution >= 0.6 is 11.6 Å². The molecule has 1 aliphatic rings. The molecule has 3 aromatic carbocycles. The predicted molar refractivity (Wildman–Crippen MR) is 144 cm³/mol. The van der Waals surface area contributed by atoms with Crippen molar-refractivity contribution in [3.8, 4) is 23.0 Å². The van der Waals surface area contributed by atoms with Crippen LogP contribution in [0.4, 0.5) is 5.69 Å². The standard InChI is InChI=1S/C29H28ClNO7/c1-4-37-24-13-17(8-10-23(24)33)26-25(27(34)18-6-5-7-20(12-18)38-15-16(2)3)28(35)29(36)31(26)21-14-19(30)9-11-22(21)32/h5-14,16,26,32-34H,4,15H2,1-3H3/b27-25+. The number of aliphatic hydroxyl groups is 1. The van der Waals surface area contributed by atoms with Gasteiger partial charge in [-0.05, 0) is 60.9 Å². The van der Waals surface area contributed by atoms with Crippen molar-refractivity contribution in [1.82, 2.24) is 0 Å². The molecule has 9 heteroatoms. The molecule has 1 aliphatic heterocycles. The number of carbonyl (C=O) groups is 2. The van der Waals surface area contributed by atoms with Crippen molar-refractivity contribution in [2.24, 2.45) is 5.92 Å². The number of nitrogens with zero attached hydrogens (tertiary/aromatic N) is 1. The summed E-state index contributed by atoms with van der Waals surface area (Å²) in [5.74, 6) is -1.85. The Kier molecular flexibility index (Phi) is 7.83. The number of halogens is 1. The van der Waals surface area contributed by atoms with E-state index in [1.807, 2.05) is 13.8 Å². The highest BCUT2D eigenvalue weighted by Crippen LogP contribution is 2.46. The van der Waals surface area contributed by atoms with Gasteiger partial charge < -0.3 is 24.8 Å². The van der Waals surface area contributed by atoms with Crippen LogP contribution in [0.1, 0.15) is 37.9 Å². The van der Waals surface area contributed by atoms with Crippen LogP contribution in [0.25, 0.3) is 5.76 Å². The normalized spacial score (nSPS) is 16.8. The molecule has 1 heterocycles. The lowest BCUT2D eigenvalue weighted by Gasteiger charge is -2.26. The molecule has 0 saturated carbocycles. The fourth-order valence-electron chi connectivity index (χ4n) is 4.21. The van der Waals surface area contributed by atoms with Crippen LogP contribution < -0.4 is 14.4 Å². The lowest BCUT2D eigenvalue weighted by Crippen LogP contribution is -2.29. The van der Waals surface area contributed by atoms with Gasteiger partial charge in [0.1, 0.15) is 17.3 Å². The van der Waals surface area contributed by atoms with E-state index >= 15 is 0 Å². The monoisotopic (exact) mass is 537 g/mol. The fraction of sp³-hybridized carbons (Fsp3) is 0.241. The molecule has 3 aromatic rings. The second-order valence-corrected chi connectivity index (χ2v) is 9.63. The number of benzene rings is 3. The molecular weight excluding hydrogens is 510 g/mol. The van der Waals surface area contributed by atoms with Crippen LogP contribution in [0, 0.1) is 5.92 Å². The average Bonchev–Trinajstić information content (AvgIpc) is 3.15. The molecule has 1 atom stereocenters. The second-order valence-electron chi connectivity index (χ2n) is 9.19. The summed E-state index contributed by atoms with van der Waals surface area (Å²) in [5.41, 5.74) is 0.416. The number of hydrogen-bond donors (Lipinski definition) is 3. The van der Waals surface area contributed by atoms with E-state index in [4.69, 9.17) is 21.1 Å². The number of phenolic OH excluding ortho intramolecular Hbond substituents is 2. The van der Waals surface area contributed by atoms with Gasteiger partial charge in [-0.25, -0.2) is 0 Å². The first kappa shape index (κ1) is 26.9. The Morgan fingerprint density at radius 2 is 1.74 bits per heavy atom. The van der Waals surface area contributed by atoms with Crippen molar-refractivity contribution in [2.75, 3.05) is 18.1 Å².